The van der Waals surface area contributed by atoms with Gasteiger partial charge in [0.1, 0.15) is 15.7 Å². The number of hydrogen-bond donors (Lipinski definition) is 4. The van der Waals surface area contributed by atoms with Gasteiger partial charge < -0.3 is 26.0 Å². The molecule has 1 amide bonds. The van der Waals surface area contributed by atoms with Crippen molar-refractivity contribution in [3.8, 4) is 5.75 Å². The average Bonchev–Trinajstić information content (AvgIpc) is 2.94. The number of nitrogens with zero attached hydrogens (tertiary/aromatic N) is 3. The number of benzene rings is 2. The van der Waals surface area contributed by atoms with Crippen LogP contribution in [0.5, 0.6) is 5.75 Å². The number of anilines is 5. The summed E-state index contributed by atoms with van der Waals surface area (Å²) in [6.45, 7) is 3.82. The molecule has 218 valence electrons. The van der Waals surface area contributed by atoms with Gasteiger partial charge in [0.15, 0.2) is 5.82 Å². The van der Waals surface area contributed by atoms with E-state index in [-0.39, 0.29) is 39.6 Å². The van der Waals surface area contributed by atoms with E-state index in [0.717, 1.165) is 50.9 Å². The third-order valence-electron chi connectivity index (χ3n) is 7.37. The molecule has 2 aliphatic rings. The van der Waals surface area contributed by atoms with E-state index in [2.05, 4.69) is 30.2 Å². The molecule has 11 nitrogen and oxygen atoms in total. The van der Waals surface area contributed by atoms with Gasteiger partial charge in [-0.15, -0.1) is 0 Å². The van der Waals surface area contributed by atoms with Crippen LogP contribution in [-0.4, -0.2) is 50.0 Å². The van der Waals surface area contributed by atoms with Gasteiger partial charge in [0.05, 0.1) is 24.2 Å². The van der Waals surface area contributed by atoms with Gasteiger partial charge in [-0.1, -0.05) is 30.2 Å². The van der Waals surface area contributed by atoms with E-state index in [1.165, 1.54) is 6.20 Å². The van der Waals surface area contributed by atoms with Crippen LogP contribution in [0.1, 0.15) is 39.0 Å². The number of nitrogens with two attached hydrogens (primary N) is 1. The van der Waals surface area contributed by atoms with Crippen molar-refractivity contribution in [3.63, 3.8) is 0 Å². The Balaban J connectivity index is 1.35. The van der Waals surface area contributed by atoms with Gasteiger partial charge in [-0.2, -0.15) is 4.98 Å². The molecule has 1 saturated carbocycles. The number of carbonyl (C=O) groups excluding carboxylic acids is 1. The number of ether oxygens (including phenoxy) is 1. The van der Waals surface area contributed by atoms with E-state index in [0.29, 0.717) is 23.7 Å². The zero-order valence-electron chi connectivity index (χ0n) is 22.8. The molecule has 2 heterocycles. The SMILES string of the molecule is CCOc1cc(N2CCC(C(N)=O)CC2)ccc1Nc1ncc(Cl)c(Nc2ccccc2S(=O)(=O)NC2CCC2)n1. The van der Waals surface area contributed by atoms with E-state index in [4.69, 9.17) is 22.1 Å². The molecule has 41 heavy (non-hydrogen) atoms. The van der Waals surface area contributed by atoms with Crippen LogP contribution in [0, 0.1) is 5.92 Å². The summed E-state index contributed by atoms with van der Waals surface area (Å²) in [5.74, 6) is 0.790. The third kappa shape index (κ3) is 6.83. The van der Waals surface area contributed by atoms with Crippen LogP contribution in [0.15, 0.2) is 53.6 Å². The second kappa shape index (κ2) is 12.5. The first-order valence-electron chi connectivity index (χ1n) is 13.7. The fourth-order valence-electron chi connectivity index (χ4n) is 4.88. The second-order valence-corrected chi connectivity index (χ2v) is 12.3. The summed E-state index contributed by atoms with van der Waals surface area (Å²) in [5.41, 5.74) is 7.47. The number of nitrogens with one attached hydrogen (secondary N) is 3. The zero-order valence-corrected chi connectivity index (χ0v) is 24.3. The summed E-state index contributed by atoms with van der Waals surface area (Å²) >= 11 is 6.41. The molecule has 5 rings (SSSR count). The quantitative estimate of drug-likeness (QED) is 0.249. The number of para-hydroxylation sites is 1. The first-order chi connectivity index (χ1) is 19.7. The van der Waals surface area contributed by atoms with Gasteiger partial charge in [-0.25, -0.2) is 18.1 Å². The number of aromatic nitrogens is 2. The van der Waals surface area contributed by atoms with E-state index in [9.17, 15) is 13.2 Å². The highest BCUT2D eigenvalue weighted by molar-refractivity contribution is 7.89. The standard InChI is InChI=1S/C28H34ClN7O4S/c1-2-40-24-16-20(36-14-12-18(13-15-36)26(30)37)10-11-22(24)33-28-31-17-21(29)27(34-28)32-23-8-3-4-9-25(23)41(38,39)35-19-6-5-7-19/h3-4,8-11,16-19,35H,2,5-7,12-15H2,1H3,(H2,30,37)(H2,31,32,33,34). The Morgan fingerprint density at radius 1 is 1.10 bits per heavy atom. The molecule has 0 spiro atoms. The lowest BCUT2D eigenvalue weighted by atomic mass is 9.94. The number of hydrogen-bond acceptors (Lipinski definition) is 9. The highest BCUT2D eigenvalue weighted by Gasteiger charge is 2.27. The van der Waals surface area contributed by atoms with Gasteiger partial charge >= 0.3 is 0 Å². The van der Waals surface area contributed by atoms with E-state index >= 15 is 0 Å². The Morgan fingerprint density at radius 2 is 1.85 bits per heavy atom. The number of piperidine rings is 1. The topological polar surface area (TPSA) is 152 Å². The van der Waals surface area contributed by atoms with Crippen LogP contribution in [0.3, 0.4) is 0 Å². The van der Waals surface area contributed by atoms with Crippen LogP contribution in [-0.2, 0) is 14.8 Å². The van der Waals surface area contributed by atoms with Gasteiger partial charge in [0.2, 0.25) is 21.9 Å². The maximum atomic E-state index is 13.1. The Morgan fingerprint density at radius 3 is 2.54 bits per heavy atom. The Kier molecular flexibility index (Phi) is 8.81. The van der Waals surface area contributed by atoms with E-state index in [1.807, 2.05) is 25.1 Å². The van der Waals surface area contributed by atoms with E-state index in [1.54, 1.807) is 24.3 Å². The molecule has 5 N–H and O–H groups in total. The molecule has 1 aliphatic carbocycles. The molecule has 2 aromatic carbocycles. The lowest BCUT2D eigenvalue weighted by Crippen LogP contribution is -2.39. The van der Waals surface area contributed by atoms with Crippen molar-refractivity contribution in [2.24, 2.45) is 11.7 Å². The number of carbonyl (C=O) groups is 1. The Bertz CT molecular complexity index is 1510. The number of rotatable bonds is 11. The van der Waals surface area contributed by atoms with Crippen molar-refractivity contribution in [1.29, 1.82) is 0 Å². The van der Waals surface area contributed by atoms with Crippen molar-refractivity contribution in [3.05, 3.63) is 53.7 Å². The fraction of sp³-hybridized carbons (Fsp3) is 0.393. The first-order valence-corrected chi connectivity index (χ1v) is 15.6. The minimum Gasteiger partial charge on any atom is -0.492 e. The summed E-state index contributed by atoms with van der Waals surface area (Å²) < 4.78 is 34.8. The summed E-state index contributed by atoms with van der Waals surface area (Å²) in [4.78, 5) is 22.7. The van der Waals surface area contributed by atoms with Crippen LogP contribution in [0.2, 0.25) is 5.02 Å². The van der Waals surface area contributed by atoms with Gasteiger partial charge in [-0.05, 0) is 56.9 Å². The maximum Gasteiger partial charge on any atom is 0.242 e. The molecule has 1 aliphatic heterocycles. The molecule has 0 bridgehead atoms. The molecule has 0 unspecified atom stereocenters. The molecule has 2 fully saturated rings. The van der Waals surface area contributed by atoms with Gasteiger partial charge in [0.25, 0.3) is 0 Å². The maximum absolute atomic E-state index is 13.1. The molecule has 13 heteroatoms. The van der Waals surface area contributed by atoms with Crippen LogP contribution >= 0.6 is 11.6 Å². The predicted molar refractivity (Wildman–Crippen MR) is 160 cm³/mol. The number of halogens is 1. The number of primary amides is 1. The Labute approximate surface area is 244 Å². The zero-order chi connectivity index (χ0) is 29.0. The van der Waals surface area contributed by atoms with Gasteiger partial charge in [-0.3, -0.25) is 4.79 Å². The minimum absolute atomic E-state index is 0.0422. The normalized spacial score (nSPS) is 16.2. The van der Waals surface area contributed by atoms with Crippen molar-refractivity contribution in [2.45, 2.75) is 50.0 Å². The number of amides is 1. The largest absolute Gasteiger partial charge is 0.492 e. The highest BCUT2D eigenvalue weighted by Crippen LogP contribution is 2.35. The first kappa shape index (κ1) is 28.9. The molecule has 0 atom stereocenters. The average molecular weight is 600 g/mol. The van der Waals surface area contributed by atoms with Crippen LogP contribution in [0.4, 0.5) is 28.8 Å². The lowest BCUT2D eigenvalue weighted by Gasteiger charge is -2.32. The smallest absolute Gasteiger partial charge is 0.242 e. The van der Waals surface area contributed by atoms with Crippen LogP contribution < -0.4 is 30.7 Å². The van der Waals surface area contributed by atoms with Crippen molar-refractivity contribution < 1.29 is 17.9 Å². The summed E-state index contributed by atoms with van der Waals surface area (Å²) in [6.07, 6.45) is 5.56. The monoisotopic (exact) mass is 599 g/mol. The summed E-state index contributed by atoms with van der Waals surface area (Å²) in [6, 6.07) is 12.4. The Hall–Kier alpha value is -3.61. The summed E-state index contributed by atoms with van der Waals surface area (Å²) in [5, 5.41) is 6.50. The fourth-order valence-corrected chi connectivity index (χ4v) is 6.49. The number of sulfonamides is 1. The molecule has 1 aromatic heterocycles. The molecule has 3 aromatic rings. The highest BCUT2D eigenvalue weighted by atomic mass is 35.5. The second-order valence-electron chi connectivity index (χ2n) is 10.2. The third-order valence-corrected chi connectivity index (χ3v) is 9.23. The summed E-state index contributed by atoms with van der Waals surface area (Å²) in [7, 11) is -3.73. The van der Waals surface area contributed by atoms with E-state index < -0.39 is 10.0 Å². The van der Waals surface area contributed by atoms with Gasteiger partial charge in [0, 0.05) is 36.8 Å². The van der Waals surface area contributed by atoms with Crippen LogP contribution in [0.25, 0.3) is 0 Å². The molecular weight excluding hydrogens is 566 g/mol. The molecular formula is C28H34ClN7O4S. The predicted octanol–water partition coefficient (Wildman–Crippen LogP) is 4.55. The molecule has 0 radical (unpaired) electrons. The van der Waals surface area contributed by atoms with Crippen molar-refractivity contribution >= 4 is 56.4 Å². The molecule has 1 saturated heterocycles. The van der Waals surface area contributed by atoms with Crippen molar-refractivity contribution in [2.75, 3.05) is 35.2 Å². The minimum atomic E-state index is -3.73. The lowest BCUT2D eigenvalue weighted by molar-refractivity contribution is -0.122. The van der Waals surface area contributed by atoms with Crippen molar-refractivity contribution in [1.82, 2.24) is 14.7 Å².